The van der Waals surface area contributed by atoms with Gasteiger partial charge in [-0.15, -0.1) is 0 Å². The lowest BCUT2D eigenvalue weighted by atomic mass is 10.2. The molecule has 7 nitrogen and oxygen atoms in total. The molecule has 0 fully saturated rings. The number of likely N-dealkylation sites (N-methyl/N-ethyl adjacent to an activating group) is 1. The van der Waals surface area contributed by atoms with Crippen molar-refractivity contribution in [3.05, 3.63) is 59.9 Å². The zero-order valence-electron chi connectivity index (χ0n) is 15.5. The van der Waals surface area contributed by atoms with Crippen LogP contribution in [0.2, 0.25) is 0 Å². The highest BCUT2D eigenvalue weighted by atomic mass is 32.2. The molecular weight excluding hydrogens is 387 g/mol. The van der Waals surface area contributed by atoms with Crippen LogP contribution in [0.3, 0.4) is 0 Å². The predicted molar refractivity (Wildman–Crippen MR) is 102 cm³/mol. The van der Waals surface area contributed by atoms with Crippen molar-refractivity contribution in [2.24, 2.45) is 0 Å². The van der Waals surface area contributed by atoms with Crippen LogP contribution in [0.4, 0.5) is 10.1 Å². The van der Waals surface area contributed by atoms with Crippen LogP contribution in [0.5, 0.6) is 0 Å². The number of carbonyl (C=O) groups excluding carboxylic acids is 2. The highest BCUT2D eigenvalue weighted by Crippen LogP contribution is 2.18. The number of hydrogen-bond donors (Lipinski definition) is 1. The number of nitrogens with one attached hydrogen (secondary N) is 1. The fraction of sp³-hybridized carbons (Fsp3) is 0.263. The van der Waals surface area contributed by atoms with Gasteiger partial charge in [0, 0.05) is 18.8 Å². The summed E-state index contributed by atoms with van der Waals surface area (Å²) in [7, 11) is -3.99. The molecule has 0 bridgehead atoms. The van der Waals surface area contributed by atoms with Gasteiger partial charge in [0.2, 0.25) is 0 Å². The van der Waals surface area contributed by atoms with Gasteiger partial charge in [0.1, 0.15) is 5.82 Å². The van der Waals surface area contributed by atoms with Crippen LogP contribution in [0.1, 0.15) is 24.2 Å². The highest BCUT2D eigenvalue weighted by molar-refractivity contribution is 7.92. The molecule has 0 heterocycles. The van der Waals surface area contributed by atoms with E-state index in [9.17, 15) is 22.4 Å². The van der Waals surface area contributed by atoms with Crippen LogP contribution >= 0.6 is 0 Å². The number of halogens is 1. The third kappa shape index (κ3) is 5.53. The Morgan fingerprint density at radius 1 is 1.07 bits per heavy atom. The largest absolute Gasteiger partial charge is 0.452 e. The minimum atomic E-state index is -3.99. The average molecular weight is 408 g/mol. The van der Waals surface area contributed by atoms with Crippen molar-refractivity contribution in [3.63, 3.8) is 0 Å². The van der Waals surface area contributed by atoms with Crippen molar-refractivity contribution in [2.75, 3.05) is 24.4 Å². The van der Waals surface area contributed by atoms with Crippen LogP contribution in [0.15, 0.2) is 53.4 Å². The van der Waals surface area contributed by atoms with Crippen molar-refractivity contribution in [2.45, 2.75) is 18.7 Å². The first kappa shape index (κ1) is 21.4. The van der Waals surface area contributed by atoms with Crippen LogP contribution < -0.4 is 4.72 Å². The number of amides is 1. The minimum Gasteiger partial charge on any atom is -0.452 e. The standard InChI is InChI=1S/C19H21FN2O5S/c1-3-22(4-2)18(23)13-27-19(24)14-6-5-7-17(12-14)28(25,26)21-16-10-8-15(20)9-11-16/h5-12,21H,3-4,13H2,1-2H3. The smallest absolute Gasteiger partial charge is 0.338 e. The van der Waals surface area contributed by atoms with E-state index >= 15 is 0 Å². The van der Waals surface area contributed by atoms with Gasteiger partial charge in [-0.05, 0) is 56.3 Å². The number of carbonyl (C=O) groups is 2. The van der Waals surface area contributed by atoms with Crippen LogP contribution in [0.25, 0.3) is 0 Å². The first-order valence-electron chi connectivity index (χ1n) is 8.60. The molecule has 0 saturated heterocycles. The lowest BCUT2D eigenvalue weighted by molar-refractivity contribution is -0.134. The van der Waals surface area contributed by atoms with E-state index in [1.807, 2.05) is 13.8 Å². The molecule has 28 heavy (non-hydrogen) atoms. The monoisotopic (exact) mass is 408 g/mol. The van der Waals surface area contributed by atoms with Gasteiger partial charge in [-0.2, -0.15) is 0 Å². The summed E-state index contributed by atoms with van der Waals surface area (Å²) in [5.41, 5.74) is 0.175. The molecule has 0 aromatic heterocycles. The second-order valence-electron chi connectivity index (χ2n) is 5.78. The van der Waals surface area contributed by atoms with E-state index in [1.54, 1.807) is 0 Å². The number of hydrogen-bond acceptors (Lipinski definition) is 5. The van der Waals surface area contributed by atoms with E-state index < -0.39 is 28.4 Å². The van der Waals surface area contributed by atoms with Gasteiger partial charge in [0.15, 0.2) is 6.61 Å². The van der Waals surface area contributed by atoms with Crippen LogP contribution in [0, 0.1) is 5.82 Å². The molecule has 9 heteroatoms. The molecule has 0 aliphatic carbocycles. The maximum Gasteiger partial charge on any atom is 0.338 e. The molecule has 2 aromatic carbocycles. The summed E-state index contributed by atoms with van der Waals surface area (Å²) in [6.07, 6.45) is 0. The molecule has 1 N–H and O–H groups in total. The van der Waals surface area contributed by atoms with Gasteiger partial charge < -0.3 is 9.64 Å². The van der Waals surface area contributed by atoms with E-state index in [4.69, 9.17) is 4.74 Å². The second kappa shape index (κ2) is 9.32. The molecule has 0 saturated carbocycles. The number of benzene rings is 2. The molecule has 2 rings (SSSR count). The third-order valence-electron chi connectivity index (χ3n) is 3.92. The van der Waals surface area contributed by atoms with E-state index in [0.29, 0.717) is 13.1 Å². The summed E-state index contributed by atoms with van der Waals surface area (Å²) in [4.78, 5) is 25.4. The highest BCUT2D eigenvalue weighted by Gasteiger charge is 2.18. The molecule has 0 unspecified atom stereocenters. The summed E-state index contributed by atoms with van der Waals surface area (Å²) < 4.78 is 45.2. The van der Waals surface area contributed by atoms with Crippen LogP contribution in [-0.2, 0) is 19.6 Å². The number of sulfonamides is 1. The Bertz CT molecular complexity index is 941. The number of esters is 1. The lowest BCUT2D eigenvalue weighted by Crippen LogP contribution is -2.34. The molecule has 0 radical (unpaired) electrons. The molecule has 150 valence electrons. The van der Waals surface area contributed by atoms with E-state index in [-0.39, 0.29) is 22.1 Å². The zero-order valence-corrected chi connectivity index (χ0v) is 16.3. The van der Waals surface area contributed by atoms with Crippen molar-refractivity contribution in [1.82, 2.24) is 4.90 Å². The topological polar surface area (TPSA) is 92.8 Å². The average Bonchev–Trinajstić information content (AvgIpc) is 2.68. The molecule has 2 aromatic rings. The Morgan fingerprint density at radius 3 is 2.32 bits per heavy atom. The fourth-order valence-electron chi connectivity index (χ4n) is 2.40. The molecule has 0 aliphatic rings. The third-order valence-corrected chi connectivity index (χ3v) is 5.30. The lowest BCUT2D eigenvalue weighted by Gasteiger charge is -2.18. The maximum atomic E-state index is 13.0. The fourth-order valence-corrected chi connectivity index (χ4v) is 3.50. The maximum absolute atomic E-state index is 13.0. The predicted octanol–water partition coefficient (Wildman–Crippen LogP) is 2.65. The van der Waals surface area contributed by atoms with Crippen LogP contribution in [-0.4, -0.2) is 44.9 Å². The summed E-state index contributed by atoms with van der Waals surface area (Å²) >= 11 is 0. The number of nitrogens with zero attached hydrogens (tertiary/aromatic N) is 1. The Hall–Kier alpha value is -2.94. The normalized spacial score (nSPS) is 11.0. The van der Waals surface area contributed by atoms with Gasteiger partial charge >= 0.3 is 5.97 Å². The van der Waals surface area contributed by atoms with Gasteiger partial charge in [0.25, 0.3) is 15.9 Å². The van der Waals surface area contributed by atoms with Gasteiger partial charge in [-0.25, -0.2) is 17.6 Å². The summed E-state index contributed by atoms with van der Waals surface area (Å²) in [6, 6.07) is 10.0. The molecule has 0 aliphatic heterocycles. The van der Waals surface area contributed by atoms with Crippen molar-refractivity contribution in [3.8, 4) is 0 Å². The molecule has 0 atom stereocenters. The Morgan fingerprint density at radius 2 is 1.71 bits per heavy atom. The zero-order chi connectivity index (χ0) is 20.7. The van der Waals surface area contributed by atoms with E-state index in [0.717, 1.165) is 18.2 Å². The minimum absolute atomic E-state index is 0.00525. The molecular formula is C19H21FN2O5S. The van der Waals surface area contributed by atoms with Crippen molar-refractivity contribution >= 4 is 27.6 Å². The van der Waals surface area contributed by atoms with Crippen molar-refractivity contribution < 1.29 is 27.1 Å². The van der Waals surface area contributed by atoms with Crippen molar-refractivity contribution in [1.29, 1.82) is 0 Å². The summed E-state index contributed by atoms with van der Waals surface area (Å²) in [5, 5.41) is 0. The van der Waals surface area contributed by atoms with Gasteiger partial charge in [0.05, 0.1) is 10.5 Å². The number of ether oxygens (including phenoxy) is 1. The van der Waals surface area contributed by atoms with E-state index in [2.05, 4.69) is 4.72 Å². The SMILES string of the molecule is CCN(CC)C(=O)COC(=O)c1cccc(S(=O)(=O)Nc2ccc(F)cc2)c1. The summed E-state index contributed by atoms with van der Waals surface area (Å²) in [5.74, 6) is -1.63. The first-order chi connectivity index (χ1) is 13.3. The molecule has 0 spiro atoms. The number of rotatable bonds is 8. The first-order valence-corrected chi connectivity index (χ1v) is 10.1. The Kier molecular flexibility index (Phi) is 7.11. The quantitative estimate of drug-likeness (QED) is 0.678. The van der Waals surface area contributed by atoms with Gasteiger partial charge in [-0.1, -0.05) is 6.07 Å². The number of anilines is 1. The molecule has 1 amide bonds. The Labute approximate surface area is 163 Å². The second-order valence-corrected chi connectivity index (χ2v) is 7.46. The summed E-state index contributed by atoms with van der Waals surface area (Å²) in [6.45, 7) is 4.19. The van der Waals surface area contributed by atoms with Gasteiger partial charge in [-0.3, -0.25) is 9.52 Å². The Balaban J connectivity index is 2.11. The van der Waals surface area contributed by atoms with E-state index in [1.165, 1.54) is 35.2 Å².